The number of anilines is 1. The Balaban J connectivity index is 1.92. The van der Waals surface area contributed by atoms with E-state index in [0.717, 1.165) is 24.2 Å². The van der Waals surface area contributed by atoms with Gasteiger partial charge in [0.05, 0.1) is 19.3 Å². The van der Waals surface area contributed by atoms with Crippen molar-refractivity contribution in [2.24, 2.45) is 0 Å². The molecule has 136 valence electrons. The minimum absolute atomic E-state index is 0.282. The Morgan fingerprint density at radius 2 is 1.88 bits per heavy atom. The Labute approximate surface area is 153 Å². The molecular weight excluding hydrogens is 330 g/mol. The van der Waals surface area contributed by atoms with Crippen molar-refractivity contribution in [1.82, 2.24) is 0 Å². The van der Waals surface area contributed by atoms with Crippen LogP contribution in [0.2, 0.25) is 0 Å². The Kier molecular flexibility index (Phi) is 7.43. The quantitative estimate of drug-likeness (QED) is 0.436. The third kappa shape index (κ3) is 6.09. The summed E-state index contributed by atoms with van der Waals surface area (Å²) < 4.78 is 10.3. The number of unbranched alkanes of at least 4 members (excludes halogenated alkanes) is 1. The predicted octanol–water partition coefficient (Wildman–Crippen LogP) is 4.30. The monoisotopic (exact) mass is 353 g/mol. The lowest BCUT2D eigenvalue weighted by Gasteiger charge is -2.05. The molecule has 0 aliphatic carbocycles. The number of amides is 1. The summed E-state index contributed by atoms with van der Waals surface area (Å²) in [7, 11) is 1.32. The average Bonchev–Trinajstić information content (AvgIpc) is 2.67. The molecule has 1 amide bonds. The molecule has 5 nitrogen and oxygen atoms in total. The van der Waals surface area contributed by atoms with Crippen LogP contribution < -0.4 is 10.1 Å². The maximum Gasteiger partial charge on any atom is 0.337 e. The Hall–Kier alpha value is -3.08. The minimum atomic E-state index is -0.446. The number of hydrogen-bond acceptors (Lipinski definition) is 4. The van der Waals surface area contributed by atoms with E-state index in [0.29, 0.717) is 17.9 Å². The molecule has 0 aromatic heterocycles. The second kappa shape index (κ2) is 10.0. The van der Waals surface area contributed by atoms with Gasteiger partial charge in [-0.3, -0.25) is 4.79 Å². The first-order valence-corrected chi connectivity index (χ1v) is 8.52. The van der Waals surface area contributed by atoms with Crippen LogP contribution >= 0.6 is 0 Å². The summed E-state index contributed by atoms with van der Waals surface area (Å²) >= 11 is 0. The molecule has 5 heteroatoms. The van der Waals surface area contributed by atoms with Gasteiger partial charge in [0, 0.05) is 11.8 Å². The van der Waals surface area contributed by atoms with Gasteiger partial charge < -0.3 is 14.8 Å². The molecule has 0 heterocycles. The fourth-order valence-electron chi connectivity index (χ4n) is 2.21. The summed E-state index contributed by atoms with van der Waals surface area (Å²) in [6, 6.07) is 14.1. The summed E-state index contributed by atoms with van der Waals surface area (Å²) in [4.78, 5) is 23.6. The zero-order valence-corrected chi connectivity index (χ0v) is 15.0. The second-order valence-corrected chi connectivity index (χ2v) is 5.67. The Bertz CT molecular complexity index is 766. The van der Waals surface area contributed by atoms with E-state index in [4.69, 9.17) is 4.74 Å². The van der Waals surface area contributed by atoms with Gasteiger partial charge in [-0.2, -0.15) is 0 Å². The molecule has 0 aliphatic rings. The lowest BCUT2D eigenvalue weighted by atomic mass is 10.2. The van der Waals surface area contributed by atoms with E-state index in [1.165, 1.54) is 13.2 Å². The van der Waals surface area contributed by atoms with Gasteiger partial charge in [-0.25, -0.2) is 4.79 Å². The minimum Gasteiger partial charge on any atom is -0.494 e. The molecule has 0 radical (unpaired) electrons. The zero-order chi connectivity index (χ0) is 18.8. The molecule has 0 saturated heterocycles. The van der Waals surface area contributed by atoms with Gasteiger partial charge >= 0.3 is 5.97 Å². The van der Waals surface area contributed by atoms with E-state index in [1.807, 2.05) is 24.3 Å². The van der Waals surface area contributed by atoms with E-state index in [1.54, 1.807) is 30.3 Å². The van der Waals surface area contributed by atoms with Gasteiger partial charge in [-0.05, 0) is 48.4 Å². The number of methoxy groups -OCH3 is 1. The SMILES string of the molecule is CCCCOc1ccc(C=CC(=O)Nc2cccc(C(=O)OC)c2)cc1. The van der Waals surface area contributed by atoms with Crippen molar-refractivity contribution in [1.29, 1.82) is 0 Å². The molecule has 2 aromatic carbocycles. The molecule has 0 atom stereocenters. The van der Waals surface area contributed by atoms with Crippen molar-refractivity contribution in [2.75, 3.05) is 19.0 Å². The largest absolute Gasteiger partial charge is 0.494 e. The fraction of sp³-hybridized carbons (Fsp3) is 0.238. The highest BCUT2D eigenvalue weighted by Crippen LogP contribution is 2.14. The van der Waals surface area contributed by atoms with Crippen LogP contribution in [0.4, 0.5) is 5.69 Å². The van der Waals surface area contributed by atoms with Crippen LogP contribution in [-0.4, -0.2) is 25.6 Å². The van der Waals surface area contributed by atoms with Gasteiger partial charge in [0.1, 0.15) is 5.75 Å². The number of rotatable bonds is 8. The lowest BCUT2D eigenvalue weighted by Crippen LogP contribution is -2.09. The topological polar surface area (TPSA) is 64.6 Å². The standard InChI is InChI=1S/C21H23NO4/c1-3-4-14-26-19-11-8-16(9-12-19)10-13-20(23)22-18-7-5-6-17(15-18)21(24)25-2/h5-13,15H,3-4,14H2,1-2H3,(H,22,23). The van der Waals surface area contributed by atoms with Crippen LogP contribution in [0.1, 0.15) is 35.7 Å². The molecule has 0 spiro atoms. The van der Waals surface area contributed by atoms with E-state index in [2.05, 4.69) is 17.0 Å². The first-order valence-electron chi connectivity index (χ1n) is 8.52. The number of carbonyl (C=O) groups excluding carboxylic acids is 2. The predicted molar refractivity (Wildman–Crippen MR) is 102 cm³/mol. The molecule has 2 rings (SSSR count). The molecule has 0 saturated carbocycles. The van der Waals surface area contributed by atoms with Gasteiger partial charge in [0.15, 0.2) is 0 Å². The second-order valence-electron chi connectivity index (χ2n) is 5.67. The number of esters is 1. The number of ether oxygens (including phenoxy) is 2. The zero-order valence-electron chi connectivity index (χ0n) is 15.0. The van der Waals surface area contributed by atoms with Gasteiger partial charge in [0.2, 0.25) is 5.91 Å². The van der Waals surface area contributed by atoms with Crippen molar-refractivity contribution in [2.45, 2.75) is 19.8 Å². The molecule has 0 bridgehead atoms. The smallest absolute Gasteiger partial charge is 0.337 e. The van der Waals surface area contributed by atoms with Crippen molar-refractivity contribution in [3.05, 3.63) is 65.7 Å². The summed E-state index contributed by atoms with van der Waals surface area (Å²) in [5.74, 6) is 0.0906. The van der Waals surface area contributed by atoms with Crippen molar-refractivity contribution >= 4 is 23.6 Å². The van der Waals surface area contributed by atoms with Crippen LogP contribution in [-0.2, 0) is 9.53 Å². The van der Waals surface area contributed by atoms with Gasteiger partial charge in [0.25, 0.3) is 0 Å². The van der Waals surface area contributed by atoms with Gasteiger partial charge in [-0.1, -0.05) is 31.5 Å². The number of nitrogens with one attached hydrogen (secondary N) is 1. The first kappa shape index (κ1) is 19.2. The molecule has 26 heavy (non-hydrogen) atoms. The molecule has 0 unspecified atom stereocenters. The van der Waals surface area contributed by atoms with Crippen molar-refractivity contribution in [3.8, 4) is 5.75 Å². The fourth-order valence-corrected chi connectivity index (χ4v) is 2.21. The van der Waals surface area contributed by atoms with Crippen molar-refractivity contribution in [3.63, 3.8) is 0 Å². The lowest BCUT2D eigenvalue weighted by molar-refractivity contribution is -0.111. The number of benzene rings is 2. The highest BCUT2D eigenvalue weighted by Gasteiger charge is 2.06. The third-order valence-corrected chi connectivity index (χ3v) is 3.63. The van der Waals surface area contributed by atoms with Crippen LogP contribution in [0.3, 0.4) is 0 Å². The van der Waals surface area contributed by atoms with E-state index in [9.17, 15) is 9.59 Å². The normalized spacial score (nSPS) is 10.5. The third-order valence-electron chi connectivity index (χ3n) is 3.63. The van der Waals surface area contributed by atoms with E-state index >= 15 is 0 Å². The number of hydrogen-bond donors (Lipinski definition) is 1. The first-order chi connectivity index (χ1) is 12.6. The van der Waals surface area contributed by atoms with Crippen molar-refractivity contribution < 1.29 is 19.1 Å². The number of carbonyl (C=O) groups is 2. The summed E-state index contributed by atoms with van der Waals surface area (Å²) in [5.41, 5.74) is 1.81. The molecule has 1 N–H and O–H groups in total. The molecule has 0 fully saturated rings. The Morgan fingerprint density at radius 3 is 2.58 bits per heavy atom. The summed E-state index contributed by atoms with van der Waals surface area (Å²) in [6.45, 7) is 2.83. The van der Waals surface area contributed by atoms with E-state index < -0.39 is 5.97 Å². The van der Waals surface area contributed by atoms with Crippen LogP contribution in [0.25, 0.3) is 6.08 Å². The molecule has 2 aromatic rings. The summed E-state index contributed by atoms with van der Waals surface area (Å²) in [5, 5.41) is 2.72. The van der Waals surface area contributed by atoms with Gasteiger partial charge in [-0.15, -0.1) is 0 Å². The highest BCUT2D eigenvalue weighted by molar-refractivity contribution is 6.02. The molecular formula is C21H23NO4. The Morgan fingerprint density at radius 1 is 1.12 bits per heavy atom. The highest BCUT2D eigenvalue weighted by atomic mass is 16.5. The van der Waals surface area contributed by atoms with E-state index in [-0.39, 0.29) is 5.91 Å². The molecule has 0 aliphatic heterocycles. The maximum absolute atomic E-state index is 12.0. The van der Waals surface area contributed by atoms with Crippen LogP contribution in [0.5, 0.6) is 5.75 Å². The average molecular weight is 353 g/mol. The summed E-state index contributed by atoms with van der Waals surface area (Å²) in [6.07, 6.45) is 5.28. The maximum atomic E-state index is 12.0. The van der Waals surface area contributed by atoms with Crippen LogP contribution in [0, 0.1) is 0 Å². The van der Waals surface area contributed by atoms with Crippen LogP contribution in [0.15, 0.2) is 54.6 Å².